The molecule has 14 heavy (non-hydrogen) atoms. The van der Waals surface area contributed by atoms with Gasteiger partial charge in [-0.25, -0.2) is 0 Å². The van der Waals surface area contributed by atoms with Gasteiger partial charge in [0.05, 0.1) is 0 Å². The molecule has 0 fully saturated rings. The van der Waals surface area contributed by atoms with Gasteiger partial charge in [0, 0.05) is 6.04 Å². The normalized spacial score (nSPS) is 23.4. The van der Waals surface area contributed by atoms with Crippen LogP contribution >= 0.6 is 0 Å². The van der Waals surface area contributed by atoms with Gasteiger partial charge in [-0.15, -0.1) is 0 Å². The molecule has 1 aliphatic carbocycles. The summed E-state index contributed by atoms with van der Waals surface area (Å²) in [6.07, 6.45) is 3.36. The predicted molar refractivity (Wildman–Crippen MR) is 52.4 cm³/mol. The largest absolute Gasteiger partial charge is 0.454 e. The summed E-state index contributed by atoms with van der Waals surface area (Å²) >= 11 is 0. The summed E-state index contributed by atoms with van der Waals surface area (Å²) in [6, 6.07) is 4.30. The number of nitrogens with two attached hydrogens (primary N) is 1. The molecule has 3 rings (SSSR count). The van der Waals surface area contributed by atoms with Crippen molar-refractivity contribution in [1.29, 1.82) is 0 Å². The number of rotatable bonds is 0. The molecular formula is C11H13NO2. The topological polar surface area (TPSA) is 44.5 Å². The van der Waals surface area contributed by atoms with Crippen molar-refractivity contribution in [1.82, 2.24) is 0 Å². The van der Waals surface area contributed by atoms with E-state index in [4.69, 9.17) is 15.2 Å². The van der Waals surface area contributed by atoms with Gasteiger partial charge in [-0.2, -0.15) is 0 Å². The Kier molecular flexibility index (Phi) is 1.67. The maximum Gasteiger partial charge on any atom is 0.231 e. The first-order valence-electron chi connectivity index (χ1n) is 5.02. The van der Waals surface area contributed by atoms with Crippen molar-refractivity contribution in [2.45, 2.75) is 25.3 Å². The van der Waals surface area contributed by atoms with Crippen LogP contribution in [-0.4, -0.2) is 6.79 Å². The first-order valence-corrected chi connectivity index (χ1v) is 5.02. The Morgan fingerprint density at radius 2 is 2.00 bits per heavy atom. The zero-order valence-electron chi connectivity index (χ0n) is 7.95. The SMILES string of the molecule is N[C@@H]1CCCc2cc3c(cc21)OCO3. The summed E-state index contributed by atoms with van der Waals surface area (Å²) in [5, 5.41) is 0. The van der Waals surface area contributed by atoms with Gasteiger partial charge in [-0.1, -0.05) is 0 Å². The Morgan fingerprint density at radius 3 is 2.86 bits per heavy atom. The smallest absolute Gasteiger partial charge is 0.231 e. The van der Waals surface area contributed by atoms with Crippen LogP contribution in [0.4, 0.5) is 0 Å². The number of ether oxygens (including phenoxy) is 2. The zero-order chi connectivity index (χ0) is 9.54. The minimum absolute atomic E-state index is 0.174. The van der Waals surface area contributed by atoms with Crippen LogP contribution in [0.15, 0.2) is 12.1 Å². The van der Waals surface area contributed by atoms with Crippen molar-refractivity contribution in [3.05, 3.63) is 23.3 Å². The highest BCUT2D eigenvalue weighted by molar-refractivity contribution is 5.50. The number of benzene rings is 1. The lowest BCUT2D eigenvalue weighted by molar-refractivity contribution is 0.174. The number of aryl methyl sites for hydroxylation is 1. The number of hydrogen-bond acceptors (Lipinski definition) is 3. The van der Waals surface area contributed by atoms with Crippen molar-refractivity contribution in [3.63, 3.8) is 0 Å². The van der Waals surface area contributed by atoms with Crippen LogP contribution in [0.5, 0.6) is 11.5 Å². The summed E-state index contributed by atoms with van der Waals surface area (Å²) in [4.78, 5) is 0. The van der Waals surface area contributed by atoms with Gasteiger partial charge in [0.2, 0.25) is 6.79 Å². The second kappa shape index (κ2) is 2.89. The van der Waals surface area contributed by atoms with E-state index in [1.807, 2.05) is 6.07 Å². The summed E-state index contributed by atoms with van der Waals surface area (Å²) in [5.41, 5.74) is 8.61. The minimum Gasteiger partial charge on any atom is -0.454 e. The second-order valence-electron chi connectivity index (χ2n) is 3.90. The Balaban J connectivity index is 2.12. The molecule has 0 spiro atoms. The van der Waals surface area contributed by atoms with Crippen LogP contribution in [0.2, 0.25) is 0 Å². The molecule has 0 saturated carbocycles. The standard InChI is InChI=1S/C11H13NO2/c12-9-3-1-2-7-4-10-11(5-8(7)9)14-6-13-10/h4-5,9H,1-3,6,12H2/t9-/m1/s1. The Morgan fingerprint density at radius 1 is 1.21 bits per heavy atom. The van der Waals surface area contributed by atoms with Crippen LogP contribution in [0.1, 0.15) is 30.0 Å². The van der Waals surface area contributed by atoms with E-state index >= 15 is 0 Å². The molecule has 1 atom stereocenters. The second-order valence-corrected chi connectivity index (χ2v) is 3.90. The molecule has 2 aliphatic rings. The van der Waals surface area contributed by atoms with Gasteiger partial charge in [-0.05, 0) is 42.5 Å². The van der Waals surface area contributed by atoms with Crippen molar-refractivity contribution in [3.8, 4) is 11.5 Å². The van der Waals surface area contributed by atoms with E-state index in [1.165, 1.54) is 17.5 Å². The lowest BCUT2D eigenvalue weighted by Gasteiger charge is -2.22. The van der Waals surface area contributed by atoms with Gasteiger partial charge in [0.1, 0.15) is 0 Å². The van der Waals surface area contributed by atoms with Crippen molar-refractivity contribution >= 4 is 0 Å². The van der Waals surface area contributed by atoms with Gasteiger partial charge in [-0.3, -0.25) is 0 Å². The highest BCUT2D eigenvalue weighted by atomic mass is 16.7. The molecule has 2 N–H and O–H groups in total. The zero-order valence-corrected chi connectivity index (χ0v) is 7.95. The minimum atomic E-state index is 0.174. The van der Waals surface area contributed by atoms with E-state index < -0.39 is 0 Å². The molecule has 0 radical (unpaired) electrons. The third-order valence-corrected chi connectivity index (χ3v) is 3.00. The molecule has 1 aromatic carbocycles. The van der Waals surface area contributed by atoms with Crippen LogP contribution < -0.4 is 15.2 Å². The first-order chi connectivity index (χ1) is 6.84. The van der Waals surface area contributed by atoms with Crippen molar-refractivity contribution < 1.29 is 9.47 Å². The lowest BCUT2D eigenvalue weighted by Crippen LogP contribution is -2.17. The molecule has 0 amide bonds. The van der Waals surface area contributed by atoms with Crippen LogP contribution in [-0.2, 0) is 6.42 Å². The van der Waals surface area contributed by atoms with Crippen molar-refractivity contribution in [2.24, 2.45) is 5.73 Å². The molecular weight excluding hydrogens is 178 g/mol. The highest BCUT2D eigenvalue weighted by Crippen LogP contribution is 2.39. The molecule has 3 heteroatoms. The molecule has 1 aromatic rings. The average Bonchev–Trinajstić information content (AvgIpc) is 2.62. The van der Waals surface area contributed by atoms with E-state index in [9.17, 15) is 0 Å². The fourth-order valence-electron chi connectivity index (χ4n) is 2.23. The Labute approximate surface area is 82.8 Å². The fourth-order valence-corrected chi connectivity index (χ4v) is 2.23. The van der Waals surface area contributed by atoms with E-state index in [-0.39, 0.29) is 6.04 Å². The average molecular weight is 191 g/mol. The third-order valence-electron chi connectivity index (χ3n) is 3.00. The lowest BCUT2D eigenvalue weighted by atomic mass is 9.88. The van der Waals surface area contributed by atoms with E-state index in [1.54, 1.807) is 0 Å². The quantitative estimate of drug-likeness (QED) is 0.679. The van der Waals surface area contributed by atoms with E-state index in [0.29, 0.717) is 6.79 Å². The summed E-state index contributed by atoms with van der Waals surface area (Å²) in [6.45, 7) is 0.341. The van der Waals surface area contributed by atoms with E-state index in [0.717, 1.165) is 24.3 Å². The van der Waals surface area contributed by atoms with Gasteiger partial charge in [0.25, 0.3) is 0 Å². The maximum absolute atomic E-state index is 6.04. The molecule has 3 nitrogen and oxygen atoms in total. The molecule has 1 aliphatic heterocycles. The Bertz CT molecular complexity index is 376. The monoisotopic (exact) mass is 191 g/mol. The maximum atomic E-state index is 6.04. The fraction of sp³-hybridized carbons (Fsp3) is 0.455. The third kappa shape index (κ3) is 1.09. The van der Waals surface area contributed by atoms with Gasteiger partial charge >= 0.3 is 0 Å². The molecule has 74 valence electrons. The van der Waals surface area contributed by atoms with Crippen LogP contribution in [0.25, 0.3) is 0 Å². The van der Waals surface area contributed by atoms with E-state index in [2.05, 4.69) is 6.07 Å². The predicted octanol–water partition coefficient (Wildman–Crippen LogP) is 1.75. The molecule has 0 saturated heterocycles. The first kappa shape index (κ1) is 8.12. The molecule has 0 unspecified atom stereocenters. The van der Waals surface area contributed by atoms with Gasteiger partial charge in [0.15, 0.2) is 11.5 Å². The van der Waals surface area contributed by atoms with Crippen molar-refractivity contribution in [2.75, 3.05) is 6.79 Å². The summed E-state index contributed by atoms with van der Waals surface area (Å²) in [7, 11) is 0. The molecule has 0 bridgehead atoms. The molecule has 0 aromatic heterocycles. The number of fused-ring (bicyclic) bond motifs is 2. The number of hydrogen-bond donors (Lipinski definition) is 1. The summed E-state index contributed by atoms with van der Waals surface area (Å²) < 4.78 is 10.7. The van der Waals surface area contributed by atoms with Gasteiger partial charge < -0.3 is 15.2 Å². The van der Waals surface area contributed by atoms with Crippen LogP contribution in [0, 0.1) is 0 Å². The highest BCUT2D eigenvalue weighted by Gasteiger charge is 2.22. The Hall–Kier alpha value is -1.22. The molecule has 1 heterocycles. The summed E-state index contributed by atoms with van der Waals surface area (Å²) in [5.74, 6) is 1.72. The van der Waals surface area contributed by atoms with Crippen LogP contribution in [0.3, 0.4) is 0 Å².